The summed E-state index contributed by atoms with van der Waals surface area (Å²) < 4.78 is 11.1. The van der Waals surface area contributed by atoms with Crippen LogP contribution in [0.2, 0.25) is 5.02 Å². The van der Waals surface area contributed by atoms with Crippen molar-refractivity contribution in [3.8, 4) is 11.5 Å². The number of aromatic nitrogens is 2. The van der Waals surface area contributed by atoms with Crippen LogP contribution < -0.4 is 20.3 Å². The van der Waals surface area contributed by atoms with E-state index in [1.165, 1.54) is 6.20 Å². The van der Waals surface area contributed by atoms with E-state index in [-0.39, 0.29) is 17.5 Å². The SMILES string of the molecule is COc1ccc(CNc2cn[nH]c(=O)c2Cl)cc1OCC(=O)N1CCN(C)CC1. The largest absolute Gasteiger partial charge is 0.493 e. The number of piperazine rings is 1. The first-order chi connectivity index (χ1) is 14.0. The van der Waals surface area contributed by atoms with E-state index in [0.29, 0.717) is 36.8 Å². The predicted octanol–water partition coefficient (Wildman–Crippen LogP) is 1.20. The number of benzene rings is 1. The Morgan fingerprint density at radius 1 is 1.28 bits per heavy atom. The third-order valence-corrected chi connectivity index (χ3v) is 5.09. The van der Waals surface area contributed by atoms with E-state index in [9.17, 15) is 9.59 Å². The molecule has 2 heterocycles. The van der Waals surface area contributed by atoms with Gasteiger partial charge in [0.2, 0.25) is 0 Å². The van der Waals surface area contributed by atoms with Crippen LogP contribution in [0.25, 0.3) is 0 Å². The standard InChI is InChI=1S/C19H24ClN5O4/c1-24-5-7-25(8-6-24)17(26)12-29-16-9-13(3-4-15(16)28-2)10-21-14-11-22-23-19(27)18(14)20/h3-4,9,11H,5-8,10,12H2,1-2H3,(H2,21,23,27). The van der Waals surface area contributed by atoms with E-state index in [0.717, 1.165) is 18.7 Å². The van der Waals surface area contributed by atoms with Gasteiger partial charge in [-0.1, -0.05) is 17.7 Å². The number of nitrogens with one attached hydrogen (secondary N) is 2. The Hall–Kier alpha value is -2.78. The van der Waals surface area contributed by atoms with Gasteiger partial charge in [0.05, 0.1) is 19.0 Å². The molecule has 0 bridgehead atoms. The number of anilines is 1. The number of hydrogen-bond donors (Lipinski definition) is 2. The van der Waals surface area contributed by atoms with Crippen molar-refractivity contribution in [2.24, 2.45) is 0 Å². The molecule has 0 spiro atoms. The lowest BCUT2D eigenvalue weighted by Crippen LogP contribution is -2.48. The van der Waals surface area contributed by atoms with E-state index in [4.69, 9.17) is 21.1 Å². The topological polar surface area (TPSA) is 99.8 Å². The number of aromatic amines is 1. The Kier molecular flexibility index (Phi) is 6.95. The first-order valence-electron chi connectivity index (χ1n) is 9.21. The second-order valence-corrected chi connectivity index (χ2v) is 7.12. The molecule has 1 aliphatic heterocycles. The molecule has 0 atom stereocenters. The minimum atomic E-state index is -0.460. The van der Waals surface area contributed by atoms with Gasteiger partial charge in [0.25, 0.3) is 11.5 Å². The van der Waals surface area contributed by atoms with Crippen molar-refractivity contribution in [3.63, 3.8) is 0 Å². The van der Waals surface area contributed by atoms with Crippen LogP contribution in [-0.4, -0.2) is 72.8 Å². The van der Waals surface area contributed by atoms with Gasteiger partial charge in [-0.15, -0.1) is 0 Å². The summed E-state index contributed by atoms with van der Waals surface area (Å²) in [5.41, 5.74) is 0.834. The zero-order chi connectivity index (χ0) is 20.8. The van der Waals surface area contributed by atoms with Crippen molar-refractivity contribution in [2.45, 2.75) is 6.54 Å². The number of H-pyrrole nitrogens is 1. The van der Waals surface area contributed by atoms with Gasteiger partial charge in [-0.3, -0.25) is 9.59 Å². The van der Waals surface area contributed by atoms with Crippen LogP contribution in [0.1, 0.15) is 5.56 Å². The highest BCUT2D eigenvalue weighted by Gasteiger charge is 2.20. The number of methoxy groups -OCH3 is 1. The van der Waals surface area contributed by atoms with E-state index in [2.05, 4.69) is 20.4 Å². The lowest BCUT2D eigenvalue weighted by atomic mass is 10.2. The molecule has 1 fully saturated rings. The Balaban J connectivity index is 1.63. The van der Waals surface area contributed by atoms with Gasteiger partial charge in [0, 0.05) is 32.7 Å². The number of ether oxygens (including phenoxy) is 2. The summed E-state index contributed by atoms with van der Waals surface area (Å²) in [5, 5.41) is 9.10. The van der Waals surface area contributed by atoms with E-state index >= 15 is 0 Å². The second-order valence-electron chi connectivity index (χ2n) is 6.74. The summed E-state index contributed by atoms with van der Waals surface area (Å²) in [6.45, 7) is 3.44. The highest BCUT2D eigenvalue weighted by atomic mass is 35.5. The summed E-state index contributed by atoms with van der Waals surface area (Å²) in [5.74, 6) is 0.963. The van der Waals surface area contributed by atoms with Crippen molar-refractivity contribution in [1.29, 1.82) is 0 Å². The Morgan fingerprint density at radius 3 is 2.76 bits per heavy atom. The van der Waals surface area contributed by atoms with Crippen LogP contribution in [0, 0.1) is 0 Å². The first kappa shape index (κ1) is 20.9. The zero-order valence-electron chi connectivity index (χ0n) is 16.4. The molecule has 1 amide bonds. The summed E-state index contributed by atoms with van der Waals surface area (Å²) in [4.78, 5) is 27.9. The van der Waals surface area contributed by atoms with Crippen LogP contribution in [0.15, 0.2) is 29.2 Å². The highest BCUT2D eigenvalue weighted by Crippen LogP contribution is 2.28. The lowest BCUT2D eigenvalue weighted by molar-refractivity contribution is -0.134. The fraction of sp³-hybridized carbons (Fsp3) is 0.421. The molecule has 2 N–H and O–H groups in total. The molecule has 1 aromatic carbocycles. The number of hydrogen-bond acceptors (Lipinski definition) is 7. The van der Waals surface area contributed by atoms with Gasteiger partial charge in [0.15, 0.2) is 18.1 Å². The average Bonchev–Trinajstić information content (AvgIpc) is 2.73. The fourth-order valence-corrected chi connectivity index (χ4v) is 3.09. The summed E-state index contributed by atoms with van der Waals surface area (Å²) in [6.07, 6.45) is 1.44. The molecule has 1 aromatic heterocycles. The molecule has 9 nitrogen and oxygen atoms in total. The molecular formula is C19H24ClN5O4. The molecule has 0 radical (unpaired) electrons. The van der Waals surface area contributed by atoms with Gasteiger partial charge in [-0.2, -0.15) is 5.10 Å². The van der Waals surface area contributed by atoms with Gasteiger partial charge in [-0.05, 0) is 24.7 Å². The van der Waals surface area contributed by atoms with Gasteiger partial charge >= 0.3 is 0 Å². The second kappa shape index (κ2) is 9.62. The number of amides is 1. The van der Waals surface area contributed by atoms with Crippen LogP contribution in [0.3, 0.4) is 0 Å². The fourth-order valence-electron chi connectivity index (χ4n) is 2.93. The molecule has 1 saturated heterocycles. The molecule has 0 aliphatic carbocycles. The average molecular weight is 422 g/mol. The minimum Gasteiger partial charge on any atom is -0.493 e. The minimum absolute atomic E-state index is 0.0442. The Labute approximate surface area is 173 Å². The van der Waals surface area contributed by atoms with Gasteiger partial charge in [0.1, 0.15) is 5.02 Å². The molecule has 1 aliphatic rings. The van der Waals surface area contributed by atoms with Crippen molar-refractivity contribution in [3.05, 3.63) is 45.3 Å². The van der Waals surface area contributed by atoms with Crippen molar-refractivity contribution >= 4 is 23.2 Å². The Bertz CT molecular complexity index is 912. The van der Waals surface area contributed by atoms with Crippen LogP contribution in [0.4, 0.5) is 5.69 Å². The third kappa shape index (κ3) is 5.39. The Morgan fingerprint density at radius 2 is 2.03 bits per heavy atom. The summed E-state index contributed by atoms with van der Waals surface area (Å²) in [6, 6.07) is 5.41. The number of likely N-dealkylation sites (N-methyl/N-ethyl adjacent to an activating group) is 1. The number of nitrogens with zero attached hydrogens (tertiary/aromatic N) is 3. The quantitative estimate of drug-likeness (QED) is 0.692. The number of carbonyl (C=O) groups is 1. The van der Waals surface area contributed by atoms with Crippen LogP contribution in [-0.2, 0) is 11.3 Å². The molecule has 0 unspecified atom stereocenters. The van der Waals surface area contributed by atoms with Crippen LogP contribution >= 0.6 is 11.6 Å². The number of rotatable bonds is 7. The maximum Gasteiger partial charge on any atom is 0.285 e. The molecular weight excluding hydrogens is 398 g/mol. The molecule has 156 valence electrons. The molecule has 29 heavy (non-hydrogen) atoms. The lowest BCUT2D eigenvalue weighted by Gasteiger charge is -2.32. The molecule has 0 saturated carbocycles. The van der Waals surface area contributed by atoms with Gasteiger partial charge in [-0.25, -0.2) is 5.10 Å². The molecule has 3 rings (SSSR count). The van der Waals surface area contributed by atoms with Crippen LogP contribution in [0.5, 0.6) is 11.5 Å². The van der Waals surface area contributed by atoms with E-state index < -0.39 is 5.56 Å². The smallest absolute Gasteiger partial charge is 0.285 e. The van der Waals surface area contributed by atoms with Gasteiger partial charge < -0.3 is 24.6 Å². The monoisotopic (exact) mass is 421 g/mol. The summed E-state index contributed by atoms with van der Waals surface area (Å²) in [7, 11) is 3.58. The van der Waals surface area contributed by atoms with Crippen molar-refractivity contribution in [2.75, 3.05) is 52.3 Å². The third-order valence-electron chi connectivity index (χ3n) is 4.71. The maximum atomic E-state index is 12.4. The first-order valence-corrected chi connectivity index (χ1v) is 9.59. The number of carbonyl (C=O) groups excluding carboxylic acids is 1. The molecule has 2 aromatic rings. The van der Waals surface area contributed by atoms with E-state index in [1.807, 2.05) is 13.1 Å². The zero-order valence-corrected chi connectivity index (χ0v) is 17.2. The maximum absolute atomic E-state index is 12.4. The molecule has 10 heteroatoms. The summed E-state index contributed by atoms with van der Waals surface area (Å²) >= 11 is 5.97. The van der Waals surface area contributed by atoms with Crippen molar-refractivity contribution < 1.29 is 14.3 Å². The normalized spacial score (nSPS) is 14.5. The van der Waals surface area contributed by atoms with E-state index in [1.54, 1.807) is 24.1 Å². The predicted molar refractivity (Wildman–Crippen MR) is 110 cm³/mol. The van der Waals surface area contributed by atoms with Crippen molar-refractivity contribution in [1.82, 2.24) is 20.0 Å². The highest BCUT2D eigenvalue weighted by molar-refractivity contribution is 6.32. The number of halogens is 1.